The monoisotopic (exact) mass is 277 g/mol. The minimum atomic E-state index is 0.466. The summed E-state index contributed by atoms with van der Waals surface area (Å²) in [7, 11) is 0. The maximum Gasteiger partial charge on any atom is 0.129 e. The van der Waals surface area contributed by atoms with E-state index < -0.39 is 0 Å². The summed E-state index contributed by atoms with van der Waals surface area (Å²) in [6.07, 6.45) is 0. The molecule has 0 atom stereocenters. The van der Waals surface area contributed by atoms with Crippen molar-refractivity contribution in [2.45, 2.75) is 54.0 Å². The first-order chi connectivity index (χ1) is 9.47. The number of nitrogens with zero attached hydrogens (tertiary/aromatic N) is 2. The van der Waals surface area contributed by atoms with Crippen molar-refractivity contribution >= 4 is 5.82 Å². The Bertz CT molecular complexity index is 399. The third-order valence-corrected chi connectivity index (χ3v) is 3.35. The summed E-state index contributed by atoms with van der Waals surface area (Å²) in [5.74, 6) is 2.24. The molecule has 0 aromatic carbocycles. The highest BCUT2D eigenvalue weighted by Gasteiger charge is 2.12. The average Bonchev–Trinajstić information content (AvgIpc) is 2.41. The highest BCUT2D eigenvalue weighted by atomic mass is 15.2. The molecule has 3 heteroatoms. The molecule has 1 rings (SSSR count). The Kier molecular flexibility index (Phi) is 7.00. The second kappa shape index (κ2) is 8.25. The molecule has 0 bridgehead atoms. The highest BCUT2D eigenvalue weighted by molar-refractivity contribution is 5.43. The number of hydrogen-bond acceptors (Lipinski definition) is 3. The van der Waals surface area contributed by atoms with E-state index in [-0.39, 0.29) is 0 Å². The van der Waals surface area contributed by atoms with Crippen LogP contribution in [0.2, 0.25) is 0 Å². The van der Waals surface area contributed by atoms with Crippen molar-refractivity contribution in [1.29, 1.82) is 0 Å². The van der Waals surface area contributed by atoms with E-state index in [1.54, 1.807) is 0 Å². The molecule has 0 aliphatic carbocycles. The number of aromatic nitrogens is 1. The van der Waals surface area contributed by atoms with Crippen LogP contribution in [-0.4, -0.2) is 24.6 Å². The summed E-state index contributed by atoms with van der Waals surface area (Å²) in [6.45, 7) is 17.3. The van der Waals surface area contributed by atoms with E-state index in [0.29, 0.717) is 11.8 Å². The fourth-order valence-corrected chi connectivity index (χ4v) is 2.25. The second-order valence-corrected chi connectivity index (χ2v) is 6.13. The Hall–Kier alpha value is -1.09. The molecule has 0 aliphatic rings. The summed E-state index contributed by atoms with van der Waals surface area (Å²) < 4.78 is 0. The number of rotatable bonds is 8. The molecule has 0 unspecified atom stereocenters. The fraction of sp³-hybridized carbons (Fsp3) is 0.706. The standard InChI is InChI=1S/C17H31N3/c1-7-18-11-15-9-16(14(5)6)19-17(10-15)20(8-2)12-13(3)4/h9-10,13-14,18H,7-8,11-12H2,1-6H3. The lowest BCUT2D eigenvalue weighted by Crippen LogP contribution is -2.28. The van der Waals surface area contributed by atoms with Crippen LogP contribution in [0.4, 0.5) is 5.82 Å². The van der Waals surface area contributed by atoms with Gasteiger partial charge in [-0.1, -0.05) is 34.6 Å². The predicted octanol–water partition coefficient (Wildman–Crippen LogP) is 3.80. The molecule has 0 radical (unpaired) electrons. The molecule has 1 N–H and O–H groups in total. The van der Waals surface area contributed by atoms with Crippen LogP contribution in [0.3, 0.4) is 0 Å². The van der Waals surface area contributed by atoms with Crippen LogP contribution in [0, 0.1) is 5.92 Å². The van der Waals surface area contributed by atoms with Gasteiger partial charge in [-0.15, -0.1) is 0 Å². The van der Waals surface area contributed by atoms with Gasteiger partial charge in [-0.3, -0.25) is 0 Å². The van der Waals surface area contributed by atoms with Gasteiger partial charge in [0.1, 0.15) is 5.82 Å². The molecule has 20 heavy (non-hydrogen) atoms. The smallest absolute Gasteiger partial charge is 0.129 e. The predicted molar refractivity (Wildman–Crippen MR) is 88.4 cm³/mol. The molecule has 0 amide bonds. The van der Waals surface area contributed by atoms with E-state index in [4.69, 9.17) is 4.98 Å². The molecule has 0 aliphatic heterocycles. The van der Waals surface area contributed by atoms with Crippen molar-refractivity contribution in [2.24, 2.45) is 5.92 Å². The van der Waals surface area contributed by atoms with Gasteiger partial charge in [0, 0.05) is 25.3 Å². The molecule has 1 aromatic heterocycles. The van der Waals surface area contributed by atoms with Gasteiger partial charge in [0.2, 0.25) is 0 Å². The summed E-state index contributed by atoms with van der Waals surface area (Å²) in [6, 6.07) is 4.47. The summed E-state index contributed by atoms with van der Waals surface area (Å²) >= 11 is 0. The largest absolute Gasteiger partial charge is 0.357 e. The molecular weight excluding hydrogens is 246 g/mol. The van der Waals surface area contributed by atoms with Crippen molar-refractivity contribution in [2.75, 3.05) is 24.5 Å². The molecule has 0 saturated heterocycles. The van der Waals surface area contributed by atoms with E-state index >= 15 is 0 Å². The summed E-state index contributed by atoms with van der Waals surface area (Å²) in [5, 5.41) is 3.41. The van der Waals surface area contributed by atoms with Gasteiger partial charge in [0.05, 0.1) is 0 Å². The number of anilines is 1. The molecule has 3 nitrogen and oxygen atoms in total. The minimum Gasteiger partial charge on any atom is -0.357 e. The lowest BCUT2D eigenvalue weighted by atomic mass is 10.1. The Morgan fingerprint density at radius 3 is 2.35 bits per heavy atom. The van der Waals surface area contributed by atoms with Crippen LogP contribution >= 0.6 is 0 Å². The molecule has 114 valence electrons. The van der Waals surface area contributed by atoms with Gasteiger partial charge in [-0.05, 0) is 43.0 Å². The number of hydrogen-bond donors (Lipinski definition) is 1. The van der Waals surface area contributed by atoms with Gasteiger partial charge in [0.25, 0.3) is 0 Å². The van der Waals surface area contributed by atoms with Gasteiger partial charge in [-0.25, -0.2) is 4.98 Å². The quantitative estimate of drug-likeness (QED) is 0.783. The summed E-state index contributed by atoms with van der Waals surface area (Å²) in [4.78, 5) is 7.24. The normalized spacial score (nSPS) is 11.4. The Morgan fingerprint density at radius 1 is 1.15 bits per heavy atom. The molecule has 0 saturated carbocycles. The van der Waals surface area contributed by atoms with E-state index in [1.165, 1.54) is 11.3 Å². The number of nitrogens with one attached hydrogen (secondary N) is 1. The molecule has 0 spiro atoms. The zero-order valence-electron chi connectivity index (χ0n) is 14.0. The van der Waals surface area contributed by atoms with Gasteiger partial charge in [0.15, 0.2) is 0 Å². The molecule has 1 heterocycles. The minimum absolute atomic E-state index is 0.466. The zero-order valence-corrected chi connectivity index (χ0v) is 14.0. The van der Waals surface area contributed by atoms with Crippen molar-refractivity contribution in [1.82, 2.24) is 10.3 Å². The van der Waals surface area contributed by atoms with Gasteiger partial charge in [-0.2, -0.15) is 0 Å². The Labute approximate surface area is 124 Å². The van der Waals surface area contributed by atoms with Gasteiger partial charge < -0.3 is 10.2 Å². The molecule has 1 aromatic rings. The van der Waals surface area contributed by atoms with Crippen LogP contribution < -0.4 is 10.2 Å². The van der Waals surface area contributed by atoms with Crippen molar-refractivity contribution < 1.29 is 0 Å². The van der Waals surface area contributed by atoms with E-state index in [2.05, 4.69) is 63.9 Å². The topological polar surface area (TPSA) is 28.2 Å². The maximum absolute atomic E-state index is 4.86. The second-order valence-electron chi connectivity index (χ2n) is 6.13. The van der Waals surface area contributed by atoms with Crippen molar-refractivity contribution in [3.63, 3.8) is 0 Å². The average molecular weight is 277 g/mol. The van der Waals surface area contributed by atoms with Crippen LogP contribution in [0.15, 0.2) is 12.1 Å². The molecule has 0 fully saturated rings. The third kappa shape index (κ3) is 5.12. The van der Waals surface area contributed by atoms with Crippen LogP contribution in [0.1, 0.15) is 58.7 Å². The maximum atomic E-state index is 4.86. The fourth-order valence-electron chi connectivity index (χ4n) is 2.25. The van der Waals surface area contributed by atoms with Crippen molar-refractivity contribution in [3.8, 4) is 0 Å². The first-order valence-electron chi connectivity index (χ1n) is 7.94. The molecular formula is C17H31N3. The third-order valence-electron chi connectivity index (χ3n) is 3.35. The zero-order chi connectivity index (χ0) is 15.1. The first-order valence-corrected chi connectivity index (χ1v) is 7.94. The van der Waals surface area contributed by atoms with Crippen LogP contribution in [0.25, 0.3) is 0 Å². The van der Waals surface area contributed by atoms with Crippen LogP contribution in [0.5, 0.6) is 0 Å². The number of pyridine rings is 1. The van der Waals surface area contributed by atoms with Gasteiger partial charge >= 0.3 is 0 Å². The lowest BCUT2D eigenvalue weighted by molar-refractivity contribution is 0.612. The van der Waals surface area contributed by atoms with E-state index in [1.807, 2.05) is 0 Å². The van der Waals surface area contributed by atoms with Crippen molar-refractivity contribution in [3.05, 3.63) is 23.4 Å². The SMILES string of the molecule is CCNCc1cc(C(C)C)nc(N(CC)CC(C)C)c1. The Balaban J connectivity index is 3.05. The highest BCUT2D eigenvalue weighted by Crippen LogP contribution is 2.21. The first kappa shape index (κ1) is 17.0. The van der Waals surface area contributed by atoms with E-state index in [0.717, 1.165) is 32.0 Å². The van der Waals surface area contributed by atoms with E-state index in [9.17, 15) is 0 Å². The van der Waals surface area contributed by atoms with Crippen LogP contribution in [-0.2, 0) is 6.54 Å². The lowest BCUT2D eigenvalue weighted by Gasteiger charge is -2.25. The Morgan fingerprint density at radius 2 is 1.85 bits per heavy atom. The summed E-state index contributed by atoms with van der Waals surface area (Å²) in [5.41, 5.74) is 2.53.